The first kappa shape index (κ1) is 22.4. The average Bonchev–Trinajstić information content (AvgIpc) is 2.71. The van der Waals surface area contributed by atoms with Crippen molar-refractivity contribution in [1.82, 2.24) is 10.2 Å². The number of nitrogens with two attached hydrogens (primary N) is 1. The van der Waals surface area contributed by atoms with Crippen LogP contribution in [0.2, 0.25) is 0 Å². The lowest BCUT2D eigenvalue weighted by atomic mass is 10.2. The average molecular weight is 496 g/mol. The summed E-state index contributed by atoms with van der Waals surface area (Å²) in [6.07, 6.45) is 1.04. The van der Waals surface area contributed by atoms with Crippen LogP contribution in [0.1, 0.15) is 12.0 Å². The number of hydrogen-bond donors (Lipinski definition) is 2. The largest absolute Gasteiger partial charge is 0.457 e. The van der Waals surface area contributed by atoms with Crippen molar-refractivity contribution in [2.75, 3.05) is 39.4 Å². The van der Waals surface area contributed by atoms with Crippen molar-refractivity contribution in [3.05, 3.63) is 60.2 Å². The minimum Gasteiger partial charge on any atom is -0.457 e. The van der Waals surface area contributed by atoms with Crippen LogP contribution in [0.25, 0.3) is 0 Å². The second-order valence-corrected chi connectivity index (χ2v) is 6.50. The third-order valence-electron chi connectivity index (χ3n) is 4.37. The Morgan fingerprint density at radius 3 is 2.61 bits per heavy atom. The highest BCUT2D eigenvalue weighted by molar-refractivity contribution is 14.0. The number of hydrogen-bond acceptors (Lipinski definition) is 4. The van der Waals surface area contributed by atoms with Gasteiger partial charge in [-0.25, -0.2) is 4.99 Å². The molecule has 1 aliphatic heterocycles. The highest BCUT2D eigenvalue weighted by Gasteiger charge is 2.09. The molecule has 0 radical (unpaired) electrons. The first-order valence-electron chi connectivity index (χ1n) is 9.45. The van der Waals surface area contributed by atoms with Gasteiger partial charge in [-0.1, -0.05) is 30.3 Å². The van der Waals surface area contributed by atoms with Crippen LogP contribution in [0, 0.1) is 0 Å². The number of ether oxygens (including phenoxy) is 2. The number of para-hydroxylation sites is 1. The Morgan fingerprint density at radius 2 is 1.82 bits per heavy atom. The Labute approximate surface area is 184 Å². The molecule has 1 aliphatic rings. The lowest BCUT2D eigenvalue weighted by Gasteiger charge is -2.26. The molecule has 0 unspecified atom stereocenters. The quantitative estimate of drug-likeness (QED) is 0.254. The van der Waals surface area contributed by atoms with Gasteiger partial charge in [0.25, 0.3) is 0 Å². The number of nitrogens with one attached hydrogen (secondary N) is 1. The molecule has 0 aromatic heterocycles. The fourth-order valence-corrected chi connectivity index (χ4v) is 2.91. The minimum absolute atomic E-state index is 0. The van der Waals surface area contributed by atoms with Gasteiger partial charge in [-0.3, -0.25) is 4.90 Å². The number of benzene rings is 2. The van der Waals surface area contributed by atoms with Crippen molar-refractivity contribution < 1.29 is 9.47 Å². The maximum atomic E-state index is 5.98. The number of nitrogens with zero attached hydrogens (tertiary/aromatic N) is 2. The van der Waals surface area contributed by atoms with Crippen LogP contribution in [0.15, 0.2) is 59.6 Å². The van der Waals surface area contributed by atoms with E-state index in [1.165, 1.54) is 0 Å². The molecule has 0 amide bonds. The van der Waals surface area contributed by atoms with E-state index in [9.17, 15) is 0 Å². The van der Waals surface area contributed by atoms with Crippen molar-refractivity contribution in [2.45, 2.75) is 13.0 Å². The highest BCUT2D eigenvalue weighted by atomic mass is 127. The Kier molecular flexibility index (Phi) is 10.1. The monoisotopic (exact) mass is 496 g/mol. The lowest BCUT2D eigenvalue weighted by molar-refractivity contribution is 0.0376. The summed E-state index contributed by atoms with van der Waals surface area (Å²) in [7, 11) is 0. The van der Waals surface area contributed by atoms with E-state index in [4.69, 9.17) is 15.2 Å². The molecule has 1 heterocycles. The van der Waals surface area contributed by atoms with Crippen LogP contribution < -0.4 is 15.8 Å². The summed E-state index contributed by atoms with van der Waals surface area (Å²) in [6.45, 7) is 6.12. The van der Waals surface area contributed by atoms with Crippen molar-refractivity contribution in [2.24, 2.45) is 10.7 Å². The van der Waals surface area contributed by atoms with Gasteiger partial charge >= 0.3 is 0 Å². The van der Waals surface area contributed by atoms with Crippen LogP contribution >= 0.6 is 24.0 Å². The molecule has 0 aliphatic carbocycles. The second-order valence-electron chi connectivity index (χ2n) is 6.50. The molecule has 2 aromatic rings. The predicted molar refractivity (Wildman–Crippen MR) is 124 cm³/mol. The fourth-order valence-electron chi connectivity index (χ4n) is 2.91. The molecule has 28 heavy (non-hydrogen) atoms. The van der Waals surface area contributed by atoms with E-state index in [-0.39, 0.29) is 24.0 Å². The minimum atomic E-state index is 0. The van der Waals surface area contributed by atoms with E-state index < -0.39 is 0 Å². The van der Waals surface area contributed by atoms with Crippen LogP contribution in [0.4, 0.5) is 0 Å². The first-order valence-corrected chi connectivity index (χ1v) is 9.45. The summed E-state index contributed by atoms with van der Waals surface area (Å²) in [5.41, 5.74) is 7.03. The van der Waals surface area contributed by atoms with E-state index in [0.29, 0.717) is 12.5 Å². The molecule has 3 N–H and O–H groups in total. The Morgan fingerprint density at radius 1 is 1.07 bits per heavy atom. The highest BCUT2D eigenvalue weighted by Crippen LogP contribution is 2.22. The van der Waals surface area contributed by atoms with Gasteiger partial charge in [0.1, 0.15) is 11.5 Å². The molecule has 3 rings (SSSR count). The van der Waals surface area contributed by atoms with Gasteiger partial charge in [-0.15, -0.1) is 24.0 Å². The van der Waals surface area contributed by atoms with Gasteiger partial charge in [-0.2, -0.15) is 0 Å². The Balaban J connectivity index is 0.00000280. The van der Waals surface area contributed by atoms with Gasteiger partial charge in [0, 0.05) is 19.6 Å². The molecule has 1 fully saturated rings. The summed E-state index contributed by atoms with van der Waals surface area (Å²) in [6, 6.07) is 17.7. The Bertz CT molecular complexity index is 721. The molecule has 0 saturated carbocycles. The van der Waals surface area contributed by atoms with Gasteiger partial charge in [0.2, 0.25) is 0 Å². The van der Waals surface area contributed by atoms with E-state index in [2.05, 4.69) is 15.2 Å². The zero-order valence-electron chi connectivity index (χ0n) is 16.0. The summed E-state index contributed by atoms with van der Waals surface area (Å²) in [4.78, 5) is 6.83. The molecular weight excluding hydrogens is 467 g/mol. The molecule has 0 atom stereocenters. The van der Waals surface area contributed by atoms with E-state index in [1.807, 2.05) is 54.6 Å². The summed E-state index contributed by atoms with van der Waals surface area (Å²) >= 11 is 0. The van der Waals surface area contributed by atoms with Gasteiger partial charge in [0.05, 0.1) is 19.8 Å². The van der Waals surface area contributed by atoms with Crippen LogP contribution in [-0.2, 0) is 11.3 Å². The van der Waals surface area contributed by atoms with E-state index in [1.54, 1.807) is 0 Å². The molecular formula is C21H29IN4O2. The topological polar surface area (TPSA) is 72.1 Å². The second kappa shape index (κ2) is 12.6. The normalized spacial score (nSPS) is 14.9. The van der Waals surface area contributed by atoms with Crippen LogP contribution in [-0.4, -0.2) is 50.3 Å². The van der Waals surface area contributed by atoms with Crippen molar-refractivity contribution in [1.29, 1.82) is 0 Å². The van der Waals surface area contributed by atoms with Gasteiger partial charge in [-0.05, 0) is 42.8 Å². The van der Waals surface area contributed by atoms with Gasteiger partial charge in [0.15, 0.2) is 5.96 Å². The summed E-state index contributed by atoms with van der Waals surface area (Å²) in [5, 5.41) is 3.19. The Hall–Kier alpha value is -1.84. The molecule has 2 aromatic carbocycles. The van der Waals surface area contributed by atoms with Gasteiger partial charge < -0.3 is 20.5 Å². The number of rotatable bonds is 8. The molecule has 152 valence electrons. The van der Waals surface area contributed by atoms with Crippen molar-refractivity contribution in [3.63, 3.8) is 0 Å². The molecule has 7 heteroatoms. The number of morpholine rings is 1. The van der Waals surface area contributed by atoms with E-state index >= 15 is 0 Å². The van der Waals surface area contributed by atoms with Crippen LogP contribution in [0.3, 0.4) is 0 Å². The van der Waals surface area contributed by atoms with Crippen molar-refractivity contribution in [3.8, 4) is 11.5 Å². The molecule has 6 nitrogen and oxygen atoms in total. The number of aliphatic imine (C=N–C) groups is 1. The number of halogens is 1. The third-order valence-corrected chi connectivity index (χ3v) is 4.37. The summed E-state index contributed by atoms with van der Waals surface area (Å²) < 4.78 is 11.2. The smallest absolute Gasteiger partial charge is 0.188 e. The van der Waals surface area contributed by atoms with E-state index in [0.717, 1.165) is 62.9 Å². The SMILES string of the molecule is I.NC(=NCc1cccc(Oc2ccccc2)c1)NCCCN1CCOCC1. The fraction of sp³-hybridized carbons (Fsp3) is 0.381. The maximum absolute atomic E-state index is 5.98. The molecule has 0 spiro atoms. The molecule has 0 bridgehead atoms. The summed E-state index contributed by atoms with van der Waals surface area (Å²) in [5.74, 6) is 2.09. The standard InChI is InChI=1S/C21H28N4O2.HI/c22-21(23-10-5-11-25-12-14-26-15-13-25)24-17-18-6-4-9-20(16-18)27-19-7-2-1-3-8-19;/h1-4,6-9,16H,5,10-15,17H2,(H3,22,23,24);1H. The van der Waals surface area contributed by atoms with Crippen molar-refractivity contribution >= 4 is 29.9 Å². The van der Waals surface area contributed by atoms with Crippen LogP contribution in [0.5, 0.6) is 11.5 Å². The lowest BCUT2D eigenvalue weighted by Crippen LogP contribution is -2.39. The zero-order chi connectivity index (χ0) is 18.7. The molecule has 1 saturated heterocycles. The third kappa shape index (κ3) is 8.04. The number of guanidine groups is 1. The predicted octanol–water partition coefficient (Wildman–Crippen LogP) is 3.22. The maximum Gasteiger partial charge on any atom is 0.188 e. The first-order chi connectivity index (χ1) is 13.3. The zero-order valence-corrected chi connectivity index (χ0v) is 18.4.